The summed E-state index contributed by atoms with van der Waals surface area (Å²) < 4.78 is 0. The third-order valence-electron chi connectivity index (χ3n) is 5.01. The SMILES string of the molecule is CC1CCCN(c2ccc3c(c2)N(C)C(=O)C3N)C1C. The van der Waals surface area contributed by atoms with Gasteiger partial charge in [-0.1, -0.05) is 13.0 Å². The molecule has 1 saturated heterocycles. The Bertz CT molecular complexity index is 543. The van der Waals surface area contributed by atoms with Gasteiger partial charge in [0.15, 0.2) is 0 Å². The fraction of sp³-hybridized carbons (Fsp3) is 0.562. The number of anilines is 2. The van der Waals surface area contributed by atoms with Gasteiger partial charge < -0.3 is 15.5 Å². The Hall–Kier alpha value is -1.55. The van der Waals surface area contributed by atoms with Crippen LogP contribution in [0.3, 0.4) is 0 Å². The number of rotatable bonds is 1. The lowest BCUT2D eigenvalue weighted by Gasteiger charge is -2.40. The number of amides is 1. The van der Waals surface area contributed by atoms with Crippen molar-refractivity contribution >= 4 is 17.3 Å². The van der Waals surface area contributed by atoms with Crippen molar-refractivity contribution in [3.05, 3.63) is 23.8 Å². The molecule has 0 aliphatic carbocycles. The van der Waals surface area contributed by atoms with E-state index in [1.807, 2.05) is 6.07 Å². The zero-order valence-corrected chi connectivity index (χ0v) is 12.5. The van der Waals surface area contributed by atoms with Crippen molar-refractivity contribution in [1.82, 2.24) is 0 Å². The first kappa shape index (κ1) is 13.4. The molecule has 3 unspecified atom stereocenters. The number of likely N-dealkylation sites (N-methyl/N-ethyl adjacent to an activating group) is 1. The molecule has 0 radical (unpaired) electrons. The first-order valence-corrected chi connectivity index (χ1v) is 7.44. The fourth-order valence-electron chi connectivity index (χ4n) is 3.42. The van der Waals surface area contributed by atoms with Gasteiger partial charge in [-0.25, -0.2) is 0 Å². The summed E-state index contributed by atoms with van der Waals surface area (Å²) in [5.41, 5.74) is 9.07. The van der Waals surface area contributed by atoms with Crippen molar-refractivity contribution in [2.24, 2.45) is 11.7 Å². The number of carbonyl (C=O) groups excluding carboxylic acids is 1. The maximum Gasteiger partial charge on any atom is 0.248 e. The summed E-state index contributed by atoms with van der Waals surface area (Å²) in [5.74, 6) is 0.691. The highest BCUT2D eigenvalue weighted by Gasteiger charge is 2.33. The largest absolute Gasteiger partial charge is 0.368 e. The van der Waals surface area contributed by atoms with E-state index in [1.54, 1.807) is 11.9 Å². The van der Waals surface area contributed by atoms with Crippen molar-refractivity contribution in [1.29, 1.82) is 0 Å². The molecule has 3 atom stereocenters. The van der Waals surface area contributed by atoms with Gasteiger partial charge in [0.25, 0.3) is 0 Å². The van der Waals surface area contributed by atoms with E-state index >= 15 is 0 Å². The average Bonchev–Trinajstić information content (AvgIpc) is 2.67. The second-order valence-electron chi connectivity index (χ2n) is 6.17. The minimum Gasteiger partial charge on any atom is -0.368 e. The summed E-state index contributed by atoms with van der Waals surface area (Å²) in [4.78, 5) is 16.1. The standard InChI is InChI=1S/C16H23N3O/c1-10-5-4-8-19(11(10)2)12-6-7-13-14(9-12)18(3)16(20)15(13)17/h6-7,9-11,15H,4-5,8,17H2,1-3H3. The molecule has 0 saturated carbocycles. The van der Waals surface area contributed by atoms with Crippen LogP contribution >= 0.6 is 0 Å². The van der Waals surface area contributed by atoms with Crippen LogP contribution < -0.4 is 15.5 Å². The Kier molecular flexibility index (Phi) is 3.21. The molecule has 2 N–H and O–H groups in total. The van der Waals surface area contributed by atoms with Gasteiger partial charge in [0.2, 0.25) is 5.91 Å². The number of hydrogen-bond donors (Lipinski definition) is 1. The van der Waals surface area contributed by atoms with E-state index in [4.69, 9.17) is 5.73 Å². The maximum absolute atomic E-state index is 12.0. The predicted octanol–water partition coefficient (Wildman–Crippen LogP) is 2.29. The normalized spacial score (nSPS) is 29.8. The molecule has 2 aliphatic rings. The van der Waals surface area contributed by atoms with E-state index in [-0.39, 0.29) is 5.91 Å². The van der Waals surface area contributed by atoms with Crippen molar-refractivity contribution in [3.8, 4) is 0 Å². The molecule has 1 aromatic rings. The van der Waals surface area contributed by atoms with E-state index in [9.17, 15) is 4.79 Å². The molecule has 0 aromatic heterocycles. The highest BCUT2D eigenvalue weighted by Crippen LogP contribution is 2.38. The number of fused-ring (bicyclic) bond motifs is 1. The number of piperidine rings is 1. The van der Waals surface area contributed by atoms with Crippen LogP contribution in [0.5, 0.6) is 0 Å². The van der Waals surface area contributed by atoms with Crippen molar-refractivity contribution < 1.29 is 4.79 Å². The van der Waals surface area contributed by atoms with Crippen molar-refractivity contribution in [2.75, 3.05) is 23.4 Å². The Morgan fingerprint density at radius 2 is 2.05 bits per heavy atom. The number of benzene rings is 1. The first-order valence-electron chi connectivity index (χ1n) is 7.44. The molecule has 1 amide bonds. The number of nitrogens with two attached hydrogens (primary N) is 1. The van der Waals surface area contributed by atoms with E-state index in [0.717, 1.165) is 17.8 Å². The monoisotopic (exact) mass is 273 g/mol. The van der Waals surface area contributed by atoms with E-state index in [2.05, 4.69) is 30.9 Å². The van der Waals surface area contributed by atoms with Gasteiger partial charge in [0.1, 0.15) is 6.04 Å². The van der Waals surface area contributed by atoms with Crippen LogP contribution in [0, 0.1) is 5.92 Å². The van der Waals surface area contributed by atoms with Crippen molar-refractivity contribution in [3.63, 3.8) is 0 Å². The van der Waals surface area contributed by atoms with E-state index in [1.165, 1.54) is 18.5 Å². The van der Waals surface area contributed by atoms with Crippen LogP contribution in [0.15, 0.2) is 18.2 Å². The third kappa shape index (κ3) is 1.90. The molecule has 2 aliphatic heterocycles. The molecule has 108 valence electrons. The molecule has 4 nitrogen and oxygen atoms in total. The number of hydrogen-bond acceptors (Lipinski definition) is 3. The lowest BCUT2D eigenvalue weighted by atomic mass is 9.91. The molecular formula is C16H23N3O. The van der Waals surface area contributed by atoms with Crippen LogP contribution in [0.25, 0.3) is 0 Å². The lowest BCUT2D eigenvalue weighted by Crippen LogP contribution is -2.42. The highest BCUT2D eigenvalue weighted by molar-refractivity contribution is 6.04. The van der Waals surface area contributed by atoms with Gasteiger partial charge in [0.05, 0.1) is 5.69 Å². The molecule has 3 rings (SSSR count). The summed E-state index contributed by atoms with van der Waals surface area (Å²) in [5, 5.41) is 0. The summed E-state index contributed by atoms with van der Waals surface area (Å²) in [6.45, 7) is 5.70. The van der Waals surface area contributed by atoms with Gasteiger partial charge in [-0.3, -0.25) is 4.79 Å². The Morgan fingerprint density at radius 3 is 2.80 bits per heavy atom. The minimum absolute atomic E-state index is 0.0165. The number of nitrogens with zero attached hydrogens (tertiary/aromatic N) is 2. The predicted molar refractivity (Wildman–Crippen MR) is 82.0 cm³/mol. The number of carbonyl (C=O) groups is 1. The maximum atomic E-state index is 12.0. The van der Waals surface area contributed by atoms with E-state index < -0.39 is 6.04 Å². The van der Waals surface area contributed by atoms with Crippen LogP contribution in [0.4, 0.5) is 11.4 Å². The lowest BCUT2D eigenvalue weighted by molar-refractivity contribution is -0.118. The minimum atomic E-state index is -0.498. The van der Waals surface area contributed by atoms with Crippen molar-refractivity contribution in [2.45, 2.75) is 38.8 Å². The smallest absolute Gasteiger partial charge is 0.248 e. The topological polar surface area (TPSA) is 49.6 Å². The summed E-state index contributed by atoms with van der Waals surface area (Å²) in [6.07, 6.45) is 2.53. The Labute approximate surface area is 120 Å². The molecular weight excluding hydrogens is 250 g/mol. The molecule has 4 heteroatoms. The first-order chi connectivity index (χ1) is 9.50. The molecule has 20 heavy (non-hydrogen) atoms. The van der Waals surface area contributed by atoms with Crippen LogP contribution in [-0.2, 0) is 4.79 Å². The van der Waals surface area contributed by atoms with Crippen LogP contribution in [-0.4, -0.2) is 25.5 Å². The van der Waals surface area contributed by atoms with E-state index in [0.29, 0.717) is 12.0 Å². The molecule has 2 heterocycles. The third-order valence-corrected chi connectivity index (χ3v) is 5.01. The van der Waals surface area contributed by atoms with Gasteiger partial charge >= 0.3 is 0 Å². The van der Waals surface area contributed by atoms with Gasteiger partial charge in [-0.2, -0.15) is 0 Å². The quantitative estimate of drug-likeness (QED) is 0.854. The van der Waals surface area contributed by atoms with Gasteiger partial charge in [-0.05, 0) is 37.8 Å². The van der Waals surface area contributed by atoms with Gasteiger partial charge in [0, 0.05) is 30.9 Å². The second-order valence-corrected chi connectivity index (χ2v) is 6.17. The van der Waals surface area contributed by atoms with Crippen LogP contribution in [0.1, 0.15) is 38.3 Å². The Morgan fingerprint density at radius 1 is 1.30 bits per heavy atom. The summed E-state index contributed by atoms with van der Waals surface area (Å²) in [6, 6.07) is 6.29. The molecule has 0 spiro atoms. The average molecular weight is 273 g/mol. The second kappa shape index (κ2) is 4.77. The Balaban J connectivity index is 1.96. The summed E-state index contributed by atoms with van der Waals surface area (Å²) in [7, 11) is 1.81. The van der Waals surface area contributed by atoms with Gasteiger partial charge in [-0.15, -0.1) is 0 Å². The van der Waals surface area contributed by atoms with Crippen LogP contribution in [0.2, 0.25) is 0 Å². The zero-order valence-electron chi connectivity index (χ0n) is 12.5. The highest BCUT2D eigenvalue weighted by atomic mass is 16.2. The summed E-state index contributed by atoms with van der Waals surface area (Å²) >= 11 is 0. The molecule has 1 aromatic carbocycles. The fourth-order valence-corrected chi connectivity index (χ4v) is 3.42. The zero-order chi connectivity index (χ0) is 14.4. The molecule has 1 fully saturated rings. The molecule has 0 bridgehead atoms.